The second-order valence-electron chi connectivity index (χ2n) is 16.8. The Labute approximate surface area is 426 Å². The second kappa shape index (κ2) is 32.9. The summed E-state index contributed by atoms with van der Waals surface area (Å²) in [5.41, 5.74) is 10.7. The Morgan fingerprint density at radius 3 is 1.36 bits per heavy atom. The molecule has 0 spiro atoms. The highest BCUT2D eigenvalue weighted by molar-refractivity contribution is 5.84. The van der Waals surface area contributed by atoms with Crippen molar-refractivity contribution in [1.29, 1.82) is 5.26 Å². The maximum atomic E-state index is 12.3. The van der Waals surface area contributed by atoms with E-state index >= 15 is 0 Å². The summed E-state index contributed by atoms with van der Waals surface area (Å²) >= 11 is 0. The Hall–Kier alpha value is -7.87. The van der Waals surface area contributed by atoms with Crippen LogP contribution in [0.1, 0.15) is 84.7 Å². The highest BCUT2D eigenvalue weighted by atomic mass is 17.2. The number of nitrogens with zero attached hydrogens (tertiary/aromatic N) is 3. The summed E-state index contributed by atoms with van der Waals surface area (Å²) in [6, 6.07) is 46.7. The molecule has 0 unspecified atom stereocenters. The number of nitrogens with one attached hydrogen (secondary N) is 3. The van der Waals surface area contributed by atoms with E-state index in [1.165, 1.54) is 6.40 Å². The van der Waals surface area contributed by atoms with Crippen molar-refractivity contribution in [2.24, 2.45) is 9.98 Å². The fourth-order valence-electron chi connectivity index (χ4n) is 7.26. The van der Waals surface area contributed by atoms with Gasteiger partial charge in [0.05, 0.1) is 37.8 Å². The topological polar surface area (TPSA) is 193 Å². The molecule has 0 aromatic heterocycles. The predicted molar refractivity (Wildman–Crippen MR) is 279 cm³/mol. The lowest BCUT2D eigenvalue weighted by Gasteiger charge is -2.10. The number of anilines is 3. The Morgan fingerprint density at radius 1 is 0.479 bits per heavy atom. The first kappa shape index (κ1) is 54.5. The molecule has 3 N–H and O–H groups in total. The molecule has 6 rings (SSSR count). The molecule has 0 bridgehead atoms. The van der Waals surface area contributed by atoms with E-state index in [4.69, 9.17) is 44.1 Å². The van der Waals surface area contributed by atoms with E-state index in [1.807, 2.05) is 97.1 Å². The average Bonchev–Trinajstić information content (AvgIpc) is 3.41. The molecule has 0 saturated heterocycles. The number of carbonyl (C=O) groups is 1. The number of rotatable bonds is 34. The Balaban J connectivity index is 0.691. The average molecular weight is 991 g/mol. The van der Waals surface area contributed by atoms with Gasteiger partial charge in [0.1, 0.15) is 5.75 Å². The number of unbranched alkanes of at least 4 members (excludes halogenated alkanes) is 6. The van der Waals surface area contributed by atoms with Crippen molar-refractivity contribution in [3.63, 3.8) is 0 Å². The molecule has 380 valence electrons. The van der Waals surface area contributed by atoms with Crippen molar-refractivity contribution < 1.29 is 48.4 Å². The molecule has 0 radical (unpaired) electrons. The molecule has 0 saturated carbocycles. The molecule has 1 amide bonds. The summed E-state index contributed by atoms with van der Waals surface area (Å²) in [7, 11) is 0. The van der Waals surface area contributed by atoms with Gasteiger partial charge in [-0.2, -0.15) is 9.88 Å². The van der Waals surface area contributed by atoms with Crippen LogP contribution in [-0.4, -0.2) is 58.5 Å². The Kier molecular flexibility index (Phi) is 24.6. The Bertz CT molecular complexity index is 2600. The number of hydrogen-bond donors (Lipinski definition) is 3. The van der Waals surface area contributed by atoms with Crippen molar-refractivity contribution in [3.8, 4) is 12.0 Å². The highest BCUT2D eigenvalue weighted by Crippen LogP contribution is 2.21. The summed E-state index contributed by atoms with van der Waals surface area (Å²) in [5.74, 6) is 0.530. The van der Waals surface area contributed by atoms with Crippen molar-refractivity contribution in [2.75, 3.05) is 55.8 Å². The number of benzene rings is 6. The number of hydrogen-bond acceptors (Lipinski definition) is 15. The first-order valence-corrected chi connectivity index (χ1v) is 24.4. The van der Waals surface area contributed by atoms with Gasteiger partial charge < -0.3 is 25.0 Å². The SMILES string of the molecule is N#COc1ccc(Cc2ccc(NCOOCCCCCCOC(=O)Nc3ccc(Cc4ccc(NCOOCCCCCCOOC=Nc5ccc(Cc6ccc(N=C=O)cc6)cc5)cc4)cc3)cc2)cc1. The summed E-state index contributed by atoms with van der Waals surface area (Å²) in [6.07, 6.45) is 13.4. The third kappa shape index (κ3) is 22.4. The van der Waals surface area contributed by atoms with Crippen LogP contribution in [0.15, 0.2) is 156 Å². The van der Waals surface area contributed by atoms with Crippen LogP contribution in [0.4, 0.5) is 33.2 Å². The Morgan fingerprint density at radius 2 is 0.890 bits per heavy atom. The molecule has 0 aliphatic rings. The van der Waals surface area contributed by atoms with Crippen LogP contribution in [0.2, 0.25) is 0 Å². The lowest BCUT2D eigenvalue weighted by atomic mass is 10.0. The van der Waals surface area contributed by atoms with Crippen molar-refractivity contribution in [2.45, 2.75) is 70.6 Å². The maximum absolute atomic E-state index is 12.3. The smallest absolute Gasteiger partial charge is 0.411 e. The summed E-state index contributed by atoms with van der Waals surface area (Å²) in [4.78, 5) is 62.1. The van der Waals surface area contributed by atoms with Crippen LogP contribution >= 0.6 is 0 Å². The number of ether oxygens (including phenoxy) is 2. The molecule has 16 heteroatoms. The fraction of sp³-hybridized carbons (Fsp3) is 0.298. The normalized spacial score (nSPS) is 10.8. The lowest BCUT2D eigenvalue weighted by molar-refractivity contribution is -0.289. The minimum absolute atomic E-state index is 0.228. The molecule has 0 fully saturated rings. The molecule has 0 aliphatic heterocycles. The number of isocyanates is 1. The van der Waals surface area contributed by atoms with Gasteiger partial charge >= 0.3 is 6.09 Å². The van der Waals surface area contributed by atoms with Crippen molar-refractivity contribution in [3.05, 3.63) is 179 Å². The molecule has 73 heavy (non-hydrogen) atoms. The minimum atomic E-state index is -0.472. The van der Waals surface area contributed by atoms with Gasteiger partial charge in [0.2, 0.25) is 12.5 Å². The third-order valence-corrected chi connectivity index (χ3v) is 11.2. The van der Waals surface area contributed by atoms with E-state index in [0.29, 0.717) is 43.6 Å². The highest BCUT2D eigenvalue weighted by Gasteiger charge is 2.06. The zero-order valence-electron chi connectivity index (χ0n) is 40.9. The van der Waals surface area contributed by atoms with Gasteiger partial charge in [0, 0.05) is 17.1 Å². The molecule has 0 atom stereocenters. The van der Waals surface area contributed by atoms with Gasteiger partial charge in [-0.25, -0.2) is 34.1 Å². The van der Waals surface area contributed by atoms with Gasteiger partial charge in [-0.05, 0) is 158 Å². The lowest BCUT2D eigenvalue weighted by Crippen LogP contribution is -2.14. The monoisotopic (exact) mass is 990 g/mol. The van der Waals surface area contributed by atoms with Crippen LogP contribution in [0.5, 0.6) is 5.75 Å². The van der Waals surface area contributed by atoms with Gasteiger partial charge in [-0.15, -0.1) is 5.26 Å². The molecular formula is C57H62N6O10. The summed E-state index contributed by atoms with van der Waals surface area (Å²) < 4.78 is 10.2. The standard InChI is InChI=1S/C57H62N6O10/c58-40-67-56-31-19-50(20-32-56)39-48-15-27-54(28-16-48)62-42-71-68-34-6-2-1-5-33-66-57(65)63-55-29-17-49(18-30-55)38-47-13-25-53(26-14-47)61-44-73-70-36-8-4-3-7-35-69-72-43-60-52-23-11-46(12-24-52)37-45-9-21-51(22-10-45)59-41-64/h9-32,43,61-62H,1-8,33-39,42,44H2,(H,63,65). The molecule has 0 heterocycles. The second-order valence-corrected chi connectivity index (χ2v) is 16.8. The quantitative estimate of drug-likeness (QED) is 0.00506. The van der Waals surface area contributed by atoms with E-state index in [1.54, 1.807) is 36.6 Å². The first-order valence-electron chi connectivity index (χ1n) is 24.4. The van der Waals surface area contributed by atoms with Crippen LogP contribution < -0.4 is 20.7 Å². The third-order valence-electron chi connectivity index (χ3n) is 11.2. The van der Waals surface area contributed by atoms with Gasteiger partial charge in [-0.3, -0.25) is 5.32 Å². The number of amides is 1. The van der Waals surface area contributed by atoms with Crippen molar-refractivity contribution >= 4 is 47.0 Å². The van der Waals surface area contributed by atoms with Gasteiger partial charge in [0.15, 0.2) is 13.5 Å². The first-order chi connectivity index (χ1) is 36.0. The number of aliphatic imine (C=N–C) groups is 2. The molecule has 0 aliphatic carbocycles. The fourth-order valence-corrected chi connectivity index (χ4v) is 7.26. The zero-order valence-corrected chi connectivity index (χ0v) is 40.9. The van der Waals surface area contributed by atoms with E-state index in [0.717, 1.165) is 121 Å². The van der Waals surface area contributed by atoms with E-state index < -0.39 is 6.09 Å². The van der Waals surface area contributed by atoms with Gasteiger partial charge in [-0.1, -0.05) is 92.1 Å². The van der Waals surface area contributed by atoms with Gasteiger partial charge in [0.25, 0.3) is 6.26 Å². The van der Waals surface area contributed by atoms with Crippen LogP contribution in [0.3, 0.4) is 0 Å². The minimum Gasteiger partial charge on any atom is -0.449 e. The maximum Gasteiger partial charge on any atom is 0.411 e. The number of nitriles is 1. The number of carbonyl (C=O) groups excluding carboxylic acids is 2. The molecule has 16 nitrogen and oxygen atoms in total. The summed E-state index contributed by atoms with van der Waals surface area (Å²) in [5, 5.41) is 17.8. The molecule has 6 aromatic rings. The molecule has 6 aromatic carbocycles. The molecular weight excluding hydrogens is 929 g/mol. The van der Waals surface area contributed by atoms with E-state index in [-0.39, 0.29) is 13.5 Å². The summed E-state index contributed by atoms with van der Waals surface area (Å²) in [6.45, 7) is 2.23. The van der Waals surface area contributed by atoms with Crippen LogP contribution in [-0.2, 0) is 58.1 Å². The van der Waals surface area contributed by atoms with E-state index in [2.05, 4.69) is 50.2 Å². The van der Waals surface area contributed by atoms with E-state index in [9.17, 15) is 9.59 Å². The van der Waals surface area contributed by atoms with Crippen LogP contribution in [0, 0.1) is 11.5 Å². The zero-order chi connectivity index (χ0) is 50.8. The van der Waals surface area contributed by atoms with Crippen LogP contribution in [0.25, 0.3) is 0 Å². The predicted octanol–water partition coefficient (Wildman–Crippen LogP) is 12.6. The largest absolute Gasteiger partial charge is 0.449 e. The van der Waals surface area contributed by atoms with Crippen molar-refractivity contribution in [1.82, 2.24) is 0 Å².